The van der Waals surface area contributed by atoms with Crippen LogP contribution >= 0.6 is 0 Å². The Morgan fingerprint density at radius 2 is 1.94 bits per heavy atom. The monoisotopic (exact) mass is 243 g/mol. The second-order valence-corrected chi connectivity index (χ2v) is 6.25. The van der Waals surface area contributed by atoms with Gasteiger partial charge in [-0.05, 0) is 25.7 Å². The van der Waals surface area contributed by atoms with Gasteiger partial charge in [0.25, 0.3) is 10.2 Å². The molecule has 16 heavy (non-hydrogen) atoms. The van der Waals surface area contributed by atoms with Crippen molar-refractivity contribution < 1.29 is 8.42 Å². The molecule has 1 aliphatic carbocycles. The van der Waals surface area contributed by atoms with Crippen LogP contribution in [0, 0.1) is 11.3 Å². The maximum absolute atomic E-state index is 12.3. The fourth-order valence-corrected chi connectivity index (χ4v) is 4.00. The lowest BCUT2D eigenvalue weighted by molar-refractivity contribution is 0.358. The summed E-state index contributed by atoms with van der Waals surface area (Å²) in [7, 11) is -3.29. The van der Waals surface area contributed by atoms with Gasteiger partial charge >= 0.3 is 0 Å². The summed E-state index contributed by atoms with van der Waals surface area (Å²) < 4.78 is 27.6. The van der Waals surface area contributed by atoms with E-state index in [0.717, 1.165) is 25.7 Å². The molecule has 0 aromatic rings. The minimum absolute atomic E-state index is 0.152. The lowest BCUT2D eigenvalue weighted by Crippen LogP contribution is -2.44. The Kier molecular flexibility index (Phi) is 3.47. The van der Waals surface area contributed by atoms with Crippen LogP contribution in [0.25, 0.3) is 0 Å². The minimum Gasteiger partial charge on any atom is -0.198 e. The van der Waals surface area contributed by atoms with Gasteiger partial charge in [-0.25, -0.2) is 0 Å². The van der Waals surface area contributed by atoms with Crippen LogP contribution < -0.4 is 0 Å². The summed E-state index contributed by atoms with van der Waals surface area (Å²) in [6, 6.07) is 2.17. The summed E-state index contributed by atoms with van der Waals surface area (Å²) in [5.41, 5.74) is 0. The predicted octanol–water partition coefficient (Wildman–Crippen LogP) is 0.705. The molecule has 0 radical (unpaired) electrons. The Hall–Kier alpha value is -0.640. The molecule has 1 aliphatic heterocycles. The molecule has 5 nitrogen and oxygen atoms in total. The third-order valence-electron chi connectivity index (χ3n) is 3.09. The zero-order valence-electron chi connectivity index (χ0n) is 9.30. The van der Waals surface area contributed by atoms with Gasteiger partial charge in [-0.3, -0.25) is 0 Å². The molecule has 0 unspecified atom stereocenters. The first kappa shape index (κ1) is 11.8. The Labute approximate surface area is 96.8 Å². The van der Waals surface area contributed by atoms with E-state index in [2.05, 4.69) is 0 Å². The molecule has 6 heteroatoms. The van der Waals surface area contributed by atoms with Gasteiger partial charge < -0.3 is 0 Å². The van der Waals surface area contributed by atoms with Crippen molar-refractivity contribution >= 4 is 10.2 Å². The van der Waals surface area contributed by atoms with E-state index in [4.69, 9.17) is 5.26 Å². The summed E-state index contributed by atoms with van der Waals surface area (Å²) in [6.07, 6.45) is 4.08. The van der Waals surface area contributed by atoms with Gasteiger partial charge in [0.05, 0.1) is 6.07 Å². The average Bonchev–Trinajstić information content (AvgIpc) is 2.92. The zero-order valence-corrected chi connectivity index (χ0v) is 10.1. The molecule has 1 saturated carbocycles. The van der Waals surface area contributed by atoms with E-state index >= 15 is 0 Å². The SMILES string of the molecule is N#CCCN(C1CC1)S(=O)(=O)N1CCCC1. The van der Waals surface area contributed by atoms with E-state index in [1.54, 1.807) is 4.31 Å². The standard InChI is InChI=1S/C10H17N3O2S/c11-6-3-9-13(10-4-5-10)16(14,15)12-7-1-2-8-12/h10H,1-5,7-9H2. The number of rotatable bonds is 5. The van der Waals surface area contributed by atoms with Gasteiger partial charge in [-0.2, -0.15) is 22.3 Å². The van der Waals surface area contributed by atoms with E-state index in [0.29, 0.717) is 19.6 Å². The Morgan fingerprint density at radius 3 is 2.44 bits per heavy atom. The zero-order chi connectivity index (χ0) is 11.6. The highest BCUT2D eigenvalue weighted by Crippen LogP contribution is 2.31. The largest absolute Gasteiger partial charge is 0.282 e. The summed E-state index contributed by atoms with van der Waals surface area (Å²) in [5, 5.41) is 8.56. The van der Waals surface area contributed by atoms with Crippen LogP contribution in [0.4, 0.5) is 0 Å². The molecule has 1 heterocycles. The molecule has 2 fully saturated rings. The molecule has 0 N–H and O–H groups in total. The van der Waals surface area contributed by atoms with E-state index in [1.807, 2.05) is 6.07 Å². The summed E-state index contributed by atoms with van der Waals surface area (Å²) in [4.78, 5) is 0. The van der Waals surface area contributed by atoms with Gasteiger partial charge in [0.1, 0.15) is 0 Å². The molecule has 0 spiro atoms. The lowest BCUT2D eigenvalue weighted by Gasteiger charge is -2.26. The average molecular weight is 243 g/mol. The van der Waals surface area contributed by atoms with Gasteiger partial charge in [-0.15, -0.1) is 0 Å². The third-order valence-corrected chi connectivity index (χ3v) is 5.18. The number of nitrogens with zero attached hydrogens (tertiary/aromatic N) is 3. The maximum Gasteiger partial charge on any atom is 0.282 e. The van der Waals surface area contributed by atoms with Crippen LogP contribution in [0.15, 0.2) is 0 Å². The van der Waals surface area contributed by atoms with Crippen molar-refractivity contribution in [3.05, 3.63) is 0 Å². The molecular formula is C10H17N3O2S. The van der Waals surface area contributed by atoms with Crippen LogP contribution in [-0.2, 0) is 10.2 Å². The summed E-state index contributed by atoms with van der Waals surface area (Å²) >= 11 is 0. The third kappa shape index (κ3) is 2.37. The van der Waals surface area contributed by atoms with Crippen LogP contribution in [0.1, 0.15) is 32.1 Å². The minimum atomic E-state index is -3.29. The molecule has 0 amide bonds. The molecule has 2 rings (SSSR count). The van der Waals surface area contributed by atoms with Crippen LogP contribution in [0.5, 0.6) is 0 Å². The van der Waals surface area contributed by atoms with Crippen LogP contribution in [0.2, 0.25) is 0 Å². The van der Waals surface area contributed by atoms with Crippen molar-refractivity contribution in [1.82, 2.24) is 8.61 Å². The van der Waals surface area contributed by atoms with Gasteiger partial charge in [-0.1, -0.05) is 0 Å². The van der Waals surface area contributed by atoms with E-state index in [-0.39, 0.29) is 12.5 Å². The van der Waals surface area contributed by atoms with Crippen molar-refractivity contribution in [2.45, 2.75) is 38.1 Å². The summed E-state index contributed by atoms with van der Waals surface area (Å²) in [5.74, 6) is 0. The van der Waals surface area contributed by atoms with E-state index in [1.165, 1.54) is 4.31 Å². The molecular weight excluding hydrogens is 226 g/mol. The lowest BCUT2D eigenvalue weighted by atomic mass is 10.4. The highest BCUT2D eigenvalue weighted by Gasteiger charge is 2.40. The molecule has 2 aliphatic rings. The normalized spacial score (nSPS) is 22.5. The highest BCUT2D eigenvalue weighted by atomic mass is 32.2. The smallest absolute Gasteiger partial charge is 0.198 e. The first-order chi connectivity index (χ1) is 7.66. The maximum atomic E-state index is 12.3. The molecule has 0 aromatic heterocycles. The Balaban J connectivity index is 2.08. The van der Waals surface area contributed by atoms with Crippen LogP contribution in [0.3, 0.4) is 0 Å². The predicted molar refractivity (Wildman–Crippen MR) is 59.7 cm³/mol. The van der Waals surface area contributed by atoms with Crippen LogP contribution in [-0.4, -0.2) is 42.7 Å². The molecule has 1 saturated heterocycles. The first-order valence-corrected chi connectivity index (χ1v) is 7.20. The second-order valence-electron chi connectivity index (χ2n) is 4.36. The fourth-order valence-electron chi connectivity index (χ4n) is 2.08. The van der Waals surface area contributed by atoms with Crippen molar-refractivity contribution in [3.63, 3.8) is 0 Å². The van der Waals surface area contributed by atoms with Crippen molar-refractivity contribution in [3.8, 4) is 6.07 Å². The number of nitriles is 1. The molecule has 0 atom stereocenters. The highest BCUT2D eigenvalue weighted by molar-refractivity contribution is 7.86. The number of hydrogen-bond acceptors (Lipinski definition) is 3. The molecule has 0 aromatic carbocycles. The first-order valence-electron chi connectivity index (χ1n) is 5.80. The molecule has 90 valence electrons. The number of hydrogen-bond donors (Lipinski definition) is 0. The fraction of sp³-hybridized carbons (Fsp3) is 0.900. The Bertz CT molecular complexity index is 377. The Morgan fingerprint density at radius 1 is 1.31 bits per heavy atom. The topological polar surface area (TPSA) is 64.4 Å². The quantitative estimate of drug-likeness (QED) is 0.714. The van der Waals surface area contributed by atoms with E-state index in [9.17, 15) is 8.42 Å². The summed E-state index contributed by atoms with van der Waals surface area (Å²) in [6.45, 7) is 1.62. The van der Waals surface area contributed by atoms with Crippen molar-refractivity contribution in [2.75, 3.05) is 19.6 Å². The van der Waals surface area contributed by atoms with Gasteiger partial charge in [0.2, 0.25) is 0 Å². The van der Waals surface area contributed by atoms with Gasteiger partial charge in [0, 0.05) is 32.1 Å². The molecule has 0 bridgehead atoms. The van der Waals surface area contributed by atoms with Crippen molar-refractivity contribution in [1.29, 1.82) is 5.26 Å². The second kappa shape index (κ2) is 4.70. The van der Waals surface area contributed by atoms with Gasteiger partial charge in [0.15, 0.2) is 0 Å². The van der Waals surface area contributed by atoms with E-state index < -0.39 is 10.2 Å². The van der Waals surface area contributed by atoms with Crippen molar-refractivity contribution in [2.24, 2.45) is 0 Å².